The van der Waals surface area contributed by atoms with E-state index in [0.29, 0.717) is 58.9 Å². The number of carboxylic acid groups (broad SMARTS) is 1. The zero-order valence-corrected chi connectivity index (χ0v) is 32.4. The zero-order valence-electron chi connectivity index (χ0n) is 32.4. The lowest BCUT2D eigenvalue weighted by Crippen LogP contribution is -2.42. The summed E-state index contributed by atoms with van der Waals surface area (Å²) in [6, 6.07) is -1.15. The molecule has 0 saturated heterocycles. The van der Waals surface area contributed by atoms with Crippen LogP contribution < -0.4 is 5.32 Å². The van der Waals surface area contributed by atoms with Gasteiger partial charge in [-0.3, -0.25) is 19.2 Å². The quantitative estimate of drug-likeness (QED) is 0.0674. The van der Waals surface area contributed by atoms with Crippen LogP contribution >= 0.6 is 0 Å². The first-order valence-corrected chi connectivity index (χ1v) is 19.8. The van der Waals surface area contributed by atoms with Gasteiger partial charge in [-0.25, -0.2) is 4.79 Å². The predicted molar refractivity (Wildman–Crippen MR) is 199 cm³/mol. The standard InChI is InChI=1S/C39H72N2O10/c1-4-5-6-7-8-9-10-11-12-13-14-15-16-17-18-19-37(44)40-36(39(46)47)20-21-38(45)41(24-28-50-32-30-48-26-22-34(2)42)25-29-51-33-31-49-27-23-35(3)43/h36H,4-33H2,1-3H3,(H,40,44)(H,46,47). The van der Waals surface area contributed by atoms with Gasteiger partial charge in [0.15, 0.2) is 0 Å². The molecule has 0 saturated carbocycles. The van der Waals surface area contributed by atoms with Crippen LogP contribution in [0.5, 0.6) is 0 Å². The molecule has 0 rings (SSSR count). The molecule has 0 aliphatic carbocycles. The summed E-state index contributed by atoms with van der Waals surface area (Å²) in [4.78, 5) is 61.1. The number of hydrogen-bond donors (Lipinski definition) is 2. The van der Waals surface area contributed by atoms with Crippen LogP contribution in [0.1, 0.15) is 149 Å². The summed E-state index contributed by atoms with van der Waals surface area (Å²) in [5, 5.41) is 12.3. The molecule has 0 bridgehead atoms. The zero-order chi connectivity index (χ0) is 37.8. The first kappa shape index (κ1) is 48.6. The minimum atomic E-state index is -1.17. The van der Waals surface area contributed by atoms with E-state index in [-0.39, 0.29) is 68.9 Å². The molecule has 1 unspecified atom stereocenters. The molecule has 0 aromatic heterocycles. The summed E-state index contributed by atoms with van der Waals surface area (Å²) in [6.07, 6.45) is 19.4. The minimum Gasteiger partial charge on any atom is -0.480 e. The number of carbonyl (C=O) groups excluding carboxylic acids is 4. The van der Waals surface area contributed by atoms with E-state index in [4.69, 9.17) is 18.9 Å². The van der Waals surface area contributed by atoms with Crippen molar-refractivity contribution in [3.8, 4) is 0 Å². The number of hydrogen-bond acceptors (Lipinski definition) is 9. The molecule has 51 heavy (non-hydrogen) atoms. The van der Waals surface area contributed by atoms with E-state index in [9.17, 15) is 29.1 Å². The molecule has 0 aliphatic heterocycles. The molecule has 2 N–H and O–H groups in total. The van der Waals surface area contributed by atoms with Gasteiger partial charge in [-0.2, -0.15) is 0 Å². The van der Waals surface area contributed by atoms with Crippen LogP contribution in [0.25, 0.3) is 0 Å². The number of ether oxygens (including phenoxy) is 4. The molecule has 12 nitrogen and oxygen atoms in total. The highest BCUT2D eigenvalue weighted by molar-refractivity contribution is 5.84. The van der Waals surface area contributed by atoms with E-state index in [1.165, 1.54) is 84.5 Å². The normalized spacial score (nSPS) is 11.7. The van der Waals surface area contributed by atoms with Crippen molar-refractivity contribution in [1.29, 1.82) is 0 Å². The number of amides is 2. The highest BCUT2D eigenvalue weighted by atomic mass is 16.5. The van der Waals surface area contributed by atoms with Crippen LogP contribution in [-0.2, 0) is 42.9 Å². The van der Waals surface area contributed by atoms with Crippen LogP contribution in [0.4, 0.5) is 0 Å². The fourth-order valence-electron chi connectivity index (χ4n) is 5.39. The Hall–Kier alpha value is -2.41. The molecule has 12 heteroatoms. The molecule has 1 atom stereocenters. The molecule has 0 aliphatic rings. The summed E-state index contributed by atoms with van der Waals surface area (Å²) in [5.74, 6) is -1.63. The third kappa shape index (κ3) is 34.4. The van der Waals surface area contributed by atoms with E-state index < -0.39 is 12.0 Å². The van der Waals surface area contributed by atoms with E-state index in [0.717, 1.165) is 19.3 Å². The largest absolute Gasteiger partial charge is 0.480 e. The number of nitrogens with zero attached hydrogens (tertiary/aromatic N) is 1. The Balaban J connectivity index is 4.39. The summed E-state index contributed by atoms with van der Waals surface area (Å²) in [7, 11) is 0. The van der Waals surface area contributed by atoms with Crippen molar-refractivity contribution in [2.75, 3.05) is 65.9 Å². The molecule has 0 aromatic rings. The number of unbranched alkanes of at least 4 members (excludes halogenated alkanes) is 14. The minimum absolute atomic E-state index is 0.0229. The Bertz CT molecular complexity index is 871. The first-order chi connectivity index (χ1) is 24.7. The van der Waals surface area contributed by atoms with Gasteiger partial charge in [-0.15, -0.1) is 0 Å². The maximum Gasteiger partial charge on any atom is 0.326 e. The van der Waals surface area contributed by atoms with E-state index in [1.807, 2.05) is 0 Å². The molecule has 0 aromatic carbocycles. The van der Waals surface area contributed by atoms with Crippen LogP contribution in [0.15, 0.2) is 0 Å². The Labute approximate surface area is 308 Å². The Morgan fingerprint density at radius 2 is 0.922 bits per heavy atom. The molecule has 0 spiro atoms. The van der Waals surface area contributed by atoms with Gasteiger partial charge in [0.25, 0.3) is 0 Å². The Kier molecular flexibility index (Phi) is 34.3. The predicted octanol–water partition coefficient (Wildman–Crippen LogP) is 6.45. The third-order valence-electron chi connectivity index (χ3n) is 8.59. The number of nitrogens with one attached hydrogen (secondary N) is 1. The first-order valence-electron chi connectivity index (χ1n) is 19.8. The fourth-order valence-corrected chi connectivity index (χ4v) is 5.39. The summed E-state index contributed by atoms with van der Waals surface area (Å²) in [6.45, 7) is 8.22. The van der Waals surface area contributed by atoms with Gasteiger partial charge in [0.1, 0.15) is 17.6 Å². The van der Waals surface area contributed by atoms with E-state index in [1.54, 1.807) is 4.90 Å². The highest BCUT2D eigenvalue weighted by Gasteiger charge is 2.23. The van der Waals surface area contributed by atoms with Gasteiger partial charge in [0, 0.05) is 38.8 Å². The lowest BCUT2D eigenvalue weighted by molar-refractivity contribution is -0.142. The maximum absolute atomic E-state index is 13.1. The van der Waals surface area contributed by atoms with Crippen LogP contribution in [0.3, 0.4) is 0 Å². The molecular formula is C39H72N2O10. The lowest BCUT2D eigenvalue weighted by atomic mass is 10.0. The molecule has 298 valence electrons. The van der Waals surface area contributed by atoms with Crippen LogP contribution in [0.2, 0.25) is 0 Å². The smallest absolute Gasteiger partial charge is 0.326 e. The number of ketones is 2. The van der Waals surface area contributed by atoms with Crippen molar-refractivity contribution in [2.24, 2.45) is 0 Å². The summed E-state index contributed by atoms with van der Waals surface area (Å²) >= 11 is 0. The van der Waals surface area contributed by atoms with Gasteiger partial charge in [-0.05, 0) is 26.7 Å². The van der Waals surface area contributed by atoms with Gasteiger partial charge in [-0.1, -0.05) is 96.8 Å². The average molecular weight is 729 g/mol. The maximum atomic E-state index is 13.1. The van der Waals surface area contributed by atoms with Crippen molar-refractivity contribution in [2.45, 2.75) is 155 Å². The van der Waals surface area contributed by atoms with Gasteiger partial charge in [0.2, 0.25) is 11.8 Å². The number of aliphatic carboxylic acids is 1. The fraction of sp³-hybridized carbons (Fsp3) is 0.872. The summed E-state index contributed by atoms with van der Waals surface area (Å²) < 4.78 is 21.9. The highest BCUT2D eigenvalue weighted by Crippen LogP contribution is 2.14. The van der Waals surface area contributed by atoms with Crippen molar-refractivity contribution in [3.63, 3.8) is 0 Å². The van der Waals surface area contributed by atoms with E-state index >= 15 is 0 Å². The van der Waals surface area contributed by atoms with E-state index in [2.05, 4.69) is 12.2 Å². The number of carbonyl (C=O) groups is 5. The second-order valence-electron chi connectivity index (χ2n) is 13.4. The number of Topliss-reactive ketones (excluding diaryl/α,β-unsaturated/α-hetero) is 2. The SMILES string of the molecule is CCCCCCCCCCCCCCCCCC(=O)NC(CCC(=O)N(CCOCCOCCC(C)=O)CCOCCOCCC(C)=O)C(=O)O. The molecule has 0 fully saturated rings. The molecular weight excluding hydrogens is 656 g/mol. The third-order valence-corrected chi connectivity index (χ3v) is 8.59. The molecule has 0 heterocycles. The van der Waals surface area contributed by atoms with Gasteiger partial charge in [0.05, 0.1) is 52.9 Å². The topological polar surface area (TPSA) is 158 Å². The summed E-state index contributed by atoms with van der Waals surface area (Å²) in [5.41, 5.74) is 0. The van der Waals surface area contributed by atoms with Crippen molar-refractivity contribution >= 4 is 29.4 Å². The lowest BCUT2D eigenvalue weighted by Gasteiger charge is -2.24. The molecule has 0 radical (unpaired) electrons. The second kappa shape index (κ2) is 36.0. The second-order valence-corrected chi connectivity index (χ2v) is 13.4. The van der Waals surface area contributed by atoms with Gasteiger partial charge >= 0.3 is 5.97 Å². The monoisotopic (exact) mass is 729 g/mol. The van der Waals surface area contributed by atoms with Crippen LogP contribution in [-0.4, -0.2) is 111 Å². The Morgan fingerprint density at radius 3 is 1.31 bits per heavy atom. The Morgan fingerprint density at radius 1 is 0.529 bits per heavy atom. The van der Waals surface area contributed by atoms with Crippen molar-refractivity contribution in [1.82, 2.24) is 10.2 Å². The number of carboxylic acids is 1. The van der Waals surface area contributed by atoms with Crippen molar-refractivity contribution < 1.29 is 48.0 Å². The van der Waals surface area contributed by atoms with Gasteiger partial charge < -0.3 is 34.3 Å². The number of rotatable bonds is 39. The van der Waals surface area contributed by atoms with Crippen LogP contribution in [0, 0.1) is 0 Å². The molecule has 2 amide bonds. The average Bonchev–Trinajstić information content (AvgIpc) is 3.09. The van der Waals surface area contributed by atoms with Crippen molar-refractivity contribution in [3.05, 3.63) is 0 Å².